The van der Waals surface area contributed by atoms with Gasteiger partial charge in [-0.3, -0.25) is 9.69 Å². The van der Waals surface area contributed by atoms with Crippen molar-refractivity contribution in [2.45, 2.75) is 45.9 Å². The van der Waals surface area contributed by atoms with Crippen LogP contribution in [0.25, 0.3) is 0 Å². The van der Waals surface area contributed by atoms with Crippen LogP contribution in [0.1, 0.15) is 31.2 Å². The lowest BCUT2D eigenvalue weighted by Gasteiger charge is -2.32. The van der Waals surface area contributed by atoms with Gasteiger partial charge in [-0.25, -0.2) is 0 Å². The molecule has 1 N–H and O–H groups in total. The summed E-state index contributed by atoms with van der Waals surface area (Å²) in [5.41, 5.74) is 1.45. The van der Waals surface area contributed by atoms with Gasteiger partial charge in [-0.1, -0.05) is 0 Å². The average molecular weight is 296 g/mol. The molecule has 0 bridgehead atoms. The number of carbonyl (C=O) groups is 1. The molecule has 1 unspecified atom stereocenters. The third kappa shape index (κ3) is 4.30. The number of fused-ring (bicyclic) bond motifs is 1. The molecule has 2 heterocycles. The Morgan fingerprint density at radius 3 is 3.05 bits per heavy atom. The lowest BCUT2D eigenvalue weighted by Crippen LogP contribution is -2.44. The van der Waals surface area contributed by atoms with Crippen molar-refractivity contribution in [1.29, 1.82) is 0 Å². The second kappa shape index (κ2) is 7.20. The molecule has 0 spiro atoms. The van der Waals surface area contributed by atoms with Gasteiger partial charge in [0.05, 0.1) is 6.10 Å². The van der Waals surface area contributed by atoms with Crippen LogP contribution in [-0.4, -0.2) is 42.6 Å². The zero-order valence-electron chi connectivity index (χ0n) is 12.5. The summed E-state index contributed by atoms with van der Waals surface area (Å²) in [4.78, 5) is 15.6. The Labute approximate surface area is 125 Å². The van der Waals surface area contributed by atoms with Crippen molar-refractivity contribution in [3.63, 3.8) is 0 Å². The number of hydrogen-bond donors (Lipinski definition) is 1. The average Bonchev–Trinajstić information content (AvgIpc) is 2.89. The van der Waals surface area contributed by atoms with E-state index in [9.17, 15) is 4.79 Å². The summed E-state index contributed by atoms with van der Waals surface area (Å²) < 4.78 is 5.29. The zero-order valence-corrected chi connectivity index (χ0v) is 13.3. The number of carbonyl (C=O) groups excluding carboxylic acids is 1. The minimum Gasteiger partial charge on any atom is -0.369 e. The van der Waals surface area contributed by atoms with Gasteiger partial charge >= 0.3 is 0 Å². The van der Waals surface area contributed by atoms with Gasteiger partial charge in [0, 0.05) is 30.6 Å². The predicted octanol–water partition coefficient (Wildman–Crippen LogP) is 2.04. The van der Waals surface area contributed by atoms with E-state index in [0.29, 0.717) is 12.6 Å². The van der Waals surface area contributed by atoms with Gasteiger partial charge in [0.25, 0.3) is 0 Å². The first-order valence-electron chi connectivity index (χ1n) is 7.24. The number of amides is 1. The first-order chi connectivity index (χ1) is 9.56. The van der Waals surface area contributed by atoms with E-state index in [0.717, 1.165) is 19.5 Å². The molecule has 0 aromatic carbocycles. The third-order valence-electron chi connectivity index (χ3n) is 3.60. The molecule has 0 saturated heterocycles. The largest absolute Gasteiger partial charge is 0.369 e. The Balaban J connectivity index is 1.73. The highest BCUT2D eigenvalue weighted by atomic mass is 32.1. The summed E-state index contributed by atoms with van der Waals surface area (Å²) in [6.07, 6.45) is 1.22. The van der Waals surface area contributed by atoms with E-state index < -0.39 is 0 Å². The minimum atomic E-state index is -0.0289. The molecule has 0 fully saturated rings. The van der Waals surface area contributed by atoms with E-state index in [2.05, 4.69) is 28.6 Å². The van der Waals surface area contributed by atoms with E-state index in [1.165, 1.54) is 10.4 Å². The SMILES string of the molecule is CC(C)OCC(=O)NCC(C)N1CCc2sccc2C1. The minimum absolute atomic E-state index is 0.0289. The molecule has 1 amide bonds. The molecule has 0 aliphatic carbocycles. The van der Waals surface area contributed by atoms with E-state index >= 15 is 0 Å². The second-order valence-electron chi connectivity index (χ2n) is 5.60. The van der Waals surface area contributed by atoms with Crippen molar-refractivity contribution in [2.24, 2.45) is 0 Å². The number of hydrogen-bond acceptors (Lipinski definition) is 4. The van der Waals surface area contributed by atoms with Crippen molar-refractivity contribution < 1.29 is 9.53 Å². The first-order valence-corrected chi connectivity index (χ1v) is 8.12. The van der Waals surface area contributed by atoms with E-state index in [1.807, 2.05) is 25.2 Å². The molecule has 1 aliphatic heterocycles. The monoisotopic (exact) mass is 296 g/mol. The molecule has 1 aromatic heterocycles. The van der Waals surface area contributed by atoms with Gasteiger partial charge in [-0.15, -0.1) is 11.3 Å². The normalized spacial score (nSPS) is 17.0. The Hall–Kier alpha value is -0.910. The molecule has 0 saturated carbocycles. The van der Waals surface area contributed by atoms with Crippen LogP contribution in [0.3, 0.4) is 0 Å². The molecule has 4 nitrogen and oxygen atoms in total. The number of rotatable bonds is 6. The highest BCUT2D eigenvalue weighted by Gasteiger charge is 2.21. The molecule has 0 radical (unpaired) electrons. The van der Waals surface area contributed by atoms with Crippen LogP contribution in [0, 0.1) is 0 Å². The van der Waals surface area contributed by atoms with Gasteiger partial charge in [0.1, 0.15) is 6.61 Å². The molecule has 1 aromatic rings. The van der Waals surface area contributed by atoms with Crippen LogP contribution in [0.4, 0.5) is 0 Å². The molecular weight excluding hydrogens is 272 g/mol. The van der Waals surface area contributed by atoms with Crippen LogP contribution in [0.2, 0.25) is 0 Å². The maximum Gasteiger partial charge on any atom is 0.246 e. The third-order valence-corrected chi connectivity index (χ3v) is 4.63. The van der Waals surface area contributed by atoms with Crippen LogP contribution < -0.4 is 5.32 Å². The molecule has 112 valence electrons. The van der Waals surface area contributed by atoms with E-state index in [4.69, 9.17) is 4.74 Å². The summed E-state index contributed by atoms with van der Waals surface area (Å²) in [7, 11) is 0. The maximum absolute atomic E-state index is 11.6. The first kappa shape index (κ1) is 15.5. The lowest BCUT2D eigenvalue weighted by atomic mass is 10.1. The fourth-order valence-corrected chi connectivity index (χ4v) is 3.22. The second-order valence-corrected chi connectivity index (χ2v) is 6.60. The molecule has 1 aliphatic rings. The summed E-state index contributed by atoms with van der Waals surface area (Å²) in [6, 6.07) is 2.57. The number of ether oxygens (including phenoxy) is 1. The molecule has 5 heteroatoms. The summed E-state index contributed by atoms with van der Waals surface area (Å²) in [5, 5.41) is 5.12. The Morgan fingerprint density at radius 2 is 2.30 bits per heavy atom. The lowest BCUT2D eigenvalue weighted by molar-refractivity contribution is -0.127. The number of nitrogens with one attached hydrogen (secondary N) is 1. The summed E-state index contributed by atoms with van der Waals surface area (Å²) in [6.45, 7) is 8.94. The van der Waals surface area contributed by atoms with Crippen LogP contribution >= 0.6 is 11.3 Å². The van der Waals surface area contributed by atoms with Gasteiger partial charge in [0.15, 0.2) is 0 Å². The van der Waals surface area contributed by atoms with Crippen molar-refractivity contribution in [2.75, 3.05) is 19.7 Å². The van der Waals surface area contributed by atoms with Crippen molar-refractivity contribution in [1.82, 2.24) is 10.2 Å². The number of thiophene rings is 1. The van der Waals surface area contributed by atoms with Crippen LogP contribution in [0.5, 0.6) is 0 Å². The molecule has 20 heavy (non-hydrogen) atoms. The van der Waals surface area contributed by atoms with Gasteiger partial charge in [-0.05, 0) is 44.2 Å². The van der Waals surface area contributed by atoms with Crippen molar-refractivity contribution in [3.05, 3.63) is 21.9 Å². The zero-order chi connectivity index (χ0) is 14.5. The molecular formula is C15H24N2O2S. The molecule has 1 atom stereocenters. The number of nitrogens with zero attached hydrogens (tertiary/aromatic N) is 1. The van der Waals surface area contributed by atoms with Gasteiger partial charge in [-0.2, -0.15) is 0 Å². The Bertz CT molecular complexity index is 445. The quantitative estimate of drug-likeness (QED) is 0.873. The van der Waals surface area contributed by atoms with Crippen molar-refractivity contribution in [3.8, 4) is 0 Å². The van der Waals surface area contributed by atoms with Crippen LogP contribution in [0.15, 0.2) is 11.4 Å². The fraction of sp³-hybridized carbons (Fsp3) is 0.667. The highest BCUT2D eigenvalue weighted by Crippen LogP contribution is 2.24. The fourth-order valence-electron chi connectivity index (χ4n) is 2.33. The smallest absolute Gasteiger partial charge is 0.246 e. The predicted molar refractivity (Wildman–Crippen MR) is 82.0 cm³/mol. The molecule has 2 rings (SSSR count). The van der Waals surface area contributed by atoms with Gasteiger partial charge in [0.2, 0.25) is 5.91 Å². The van der Waals surface area contributed by atoms with E-state index in [-0.39, 0.29) is 18.6 Å². The van der Waals surface area contributed by atoms with Gasteiger partial charge < -0.3 is 10.1 Å². The highest BCUT2D eigenvalue weighted by molar-refractivity contribution is 7.10. The standard InChI is InChI=1S/C15H24N2O2S/c1-11(2)19-10-15(18)16-8-12(3)17-6-4-14-13(9-17)5-7-20-14/h5,7,11-12H,4,6,8-10H2,1-3H3,(H,16,18). The Morgan fingerprint density at radius 1 is 1.50 bits per heavy atom. The topological polar surface area (TPSA) is 41.6 Å². The van der Waals surface area contributed by atoms with E-state index in [1.54, 1.807) is 0 Å². The summed E-state index contributed by atoms with van der Waals surface area (Å²) >= 11 is 1.85. The Kier molecular flexibility index (Phi) is 5.57. The van der Waals surface area contributed by atoms with Crippen LogP contribution in [-0.2, 0) is 22.5 Å². The maximum atomic E-state index is 11.6. The summed E-state index contributed by atoms with van der Waals surface area (Å²) in [5.74, 6) is -0.0289. The van der Waals surface area contributed by atoms with Crippen molar-refractivity contribution >= 4 is 17.2 Å².